The summed E-state index contributed by atoms with van der Waals surface area (Å²) in [5, 5.41) is 5.18. The average molecular weight is 401 g/mol. The zero-order chi connectivity index (χ0) is 21.6. The Morgan fingerprint density at radius 2 is 1.66 bits per heavy atom. The Balaban J connectivity index is 1.99. The second-order valence-electron chi connectivity index (χ2n) is 6.23. The molecule has 0 unspecified atom stereocenters. The van der Waals surface area contributed by atoms with Gasteiger partial charge in [0.1, 0.15) is 5.69 Å². The van der Waals surface area contributed by atoms with Crippen molar-refractivity contribution in [1.82, 2.24) is 4.98 Å². The number of H-pyrrole nitrogens is 1. The van der Waals surface area contributed by atoms with Crippen LogP contribution in [0.5, 0.6) is 0 Å². The van der Waals surface area contributed by atoms with Crippen LogP contribution in [0.4, 0.5) is 11.4 Å². The number of aromatic nitrogens is 1. The number of aryl methyl sites for hydroxylation is 1. The molecule has 0 aliphatic heterocycles. The van der Waals surface area contributed by atoms with Crippen LogP contribution in [0.3, 0.4) is 0 Å². The zero-order valence-electron chi connectivity index (χ0n) is 16.7. The van der Waals surface area contributed by atoms with Gasteiger partial charge in [0.05, 0.1) is 12.2 Å². The van der Waals surface area contributed by atoms with Crippen LogP contribution in [0.1, 0.15) is 46.0 Å². The summed E-state index contributed by atoms with van der Waals surface area (Å²) in [6.45, 7) is 6.00. The molecule has 9 nitrogen and oxygen atoms in total. The molecule has 0 fully saturated rings. The van der Waals surface area contributed by atoms with Crippen molar-refractivity contribution in [3.8, 4) is 0 Å². The van der Waals surface area contributed by atoms with Gasteiger partial charge in [-0.15, -0.1) is 0 Å². The number of amides is 2. The number of hydrogen-bond acceptors (Lipinski definition) is 6. The van der Waals surface area contributed by atoms with Gasteiger partial charge in [-0.1, -0.05) is 6.07 Å². The number of hydrogen-bond donors (Lipinski definition) is 3. The third-order valence-electron chi connectivity index (χ3n) is 3.92. The molecule has 1 aromatic heterocycles. The van der Waals surface area contributed by atoms with E-state index in [1.54, 1.807) is 45.0 Å². The topological polar surface area (TPSA) is 127 Å². The third-order valence-corrected chi connectivity index (χ3v) is 3.92. The number of rotatable bonds is 7. The molecule has 0 aliphatic carbocycles. The molecule has 2 rings (SSSR count). The first-order chi connectivity index (χ1) is 13.7. The summed E-state index contributed by atoms with van der Waals surface area (Å²) in [5.41, 5.74) is 2.20. The van der Waals surface area contributed by atoms with E-state index < -0.39 is 24.5 Å². The minimum Gasteiger partial charge on any atom is -0.462 e. The fourth-order valence-electron chi connectivity index (χ4n) is 2.74. The molecule has 9 heteroatoms. The Labute approximate surface area is 167 Å². The number of benzene rings is 1. The van der Waals surface area contributed by atoms with Gasteiger partial charge in [-0.25, -0.2) is 9.59 Å². The lowest BCUT2D eigenvalue weighted by Crippen LogP contribution is -2.21. The monoisotopic (exact) mass is 401 g/mol. The fourth-order valence-corrected chi connectivity index (χ4v) is 2.74. The molecular weight excluding hydrogens is 378 g/mol. The van der Waals surface area contributed by atoms with E-state index in [1.807, 2.05) is 0 Å². The second-order valence-corrected chi connectivity index (χ2v) is 6.23. The first-order valence-corrected chi connectivity index (χ1v) is 8.93. The highest BCUT2D eigenvalue weighted by Crippen LogP contribution is 2.20. The molecule has 0 atom stereocenters. The van der Waals surface area contributed by atoms with Gasteiger partial charge >= 0.3 is 11.9 Å². The molecule has 0 aliphatic rings. The predicted octanol–water partition coefficient (Wildman–Crippen LogP) is 2.56. The average Bonchev–Trinajstić information content (AvgIpc) is 2.94. The van der Waals surface area contributed by atoms with Crippen LogP contribution in [-0.4, -0.2) is 42.0 Å². The third kappa shape index (κ3) is 5.68. The van der Waals surface area contributed by atoms with E-state index >= 15 is 0 Å². The number of nitrogens with one attached hydrogen (secondary N) is 3. The maximum atomic E-state index is 12.3. The Kier molecular flexibility index (Phi) is 7.13. The normalized spacial score (nSPS) is 10.2. The second kappa shape index (κ2) is 9.54. The fraction of sp³-hybridized carbons (Fsp3) is 0.300. The molecule has 0 bridgehead atoms. The number of carbonyl (C=O) groups is 4. The number of aromatic amines is 1. The number of esters is 2. The summed E-state index contributed by atoms with van der Waals surface area (Å²) >= 11 is 0. The van der Waals surface area contributed by atoms with E-state index in [4.69, 9.17) is 9.47 Å². The summed E-state index contributed by atoms with van der Waals surface area (Å²) < 4.78 is 10.0. The first kappa shape index (κ1) is 21.7. The summed E-state index contributed by atoms with van der Waals surface area (Å²) in [4.78, 5) is 50.3. The van der Waals surface area contributed by atoms with E-state index in [-0.39, 0.29) is 23.8 Å². The zero-order valence-corrected chi connectivity index (χ0v) is 16.7. The molecule has 0 saturated heterocycles. The molecule has 0 saturated carbocycles. The van der Waals surface area contributed by atoms with Crippen molar-refractivity contribution in [3.63, 3.8) is 0 Å². The van der Waals surface area contributed by atoms with Crippen LogP contribution in [0.2, 0.25) is 0 Å². The lowest BCUT2D eigenvalue weighted by atomic mass is 10.1. The Morgan fingerprint density at radius 1 is 1.00 bits per heavy atom. The van der Waals surface area contributed by atoms with Gasteiger partial charge in [0.2, 0.25) is 5.91 Å². The highest BCUT2D eigenvalue weighted by molar-refractivity contribution is 6.00. The van der Waals surface area contributed by atoms with Gasteiger partial charge in [0.25, 0.3) is 5.91 Å². The van der Waals surface area contributed by atoms with Crippen LogP contribution in [0.25, 0.3) is 0 Å². The molecule has 2 aromatic rings. The molecule has 1 aromatic carbocycles. The highest BCUT2D eigenvalue weighted by Gasteiger charge is 2.24. The van der Waals surface area contributed by atoms with Crippen molar-refractivity contribution >= 4 is 35.1 Å². The molecule has 2 amide bonds. The minimum atomic E-state index is -0.761. The lowest BCUT2D eigenvalue weighted by molar-refractivity contribution is -0.119. The van der Waals surface area contributed by atoms with Crippen LogP contribution in [0.15, 0.2) is 24.3 Å². The maximum Gasteiger partial charge on any atom is 0.355 e. The quantitative estimate of drug-likeness (QED) is 0.612. The number of carbonyl (C=O) groups excluding carboxylic acids is 4. The highest BCUT2D eigenvalue weighted by atomic mass is 16.5. The molecule has 29 heavy (non-hydrogen) atoms. The van der Waals surface area contributed by atoms with Crippen molar-refractivity contribution in [3.05, 3.63) is 46.8 Å². The standard InChI is InChI=1S/C20H23N3O6/c1-5-28-19(26)17-11(2)18(21-12(17)3)20(27)29-10-16(25)23-15-8-6-7-14(9-15)22-13(4)24/h6-9,21H,5,10H2,1-4H3,(H,22,24)(H,23,25). The van der Waals surface area contributed by atoms with Gasteiger partial charge in [-0.2, -0.15) is 0 Å². The molecule has 0 radical (unpaired) electrons. The van der Waals surface area contributed by atoms with Crippen molar-refractivity contribution in [2.24, 2.45) is 0 Å². The van der Waals surface area contributed by atoms with Crippen LogP contribution in [-0.2, 0) is 19.1 Å². The van der Waals surface area contributed by atoms with Crippen LogP contribution >= 0.6 is 0 Å². The molecule has 0 spiro atoms. The smallest absolute Gasteiger partial charge is 0.355 e. The lowest BCUT2D eigenvalue weighted by Gasteiger charge is -2.08. The van der Waals surface area contributed by atoms with Gasteiger partial charge in [-0.3, -0.25) is 9.59 Å². The van der Waals surface area contributed by atoms with Crippen molar-refractivity contribution in [2.75, 3.05) is 23.8 Å². The van der Waals surface area contributed by atoms with Gasteiger partial charge in [0.15, 0.2) is 6.61 Å². The maximum absolute atomic E-state index is 12.3. The van der Waals surface area contributed by atoms with Crippen molar-refractivity contribution in [2.45, 2.75) is 27.7 Å². The van der Waals surface area contributed by atoms with E-state index in [0.717, 1.165) is 0 Å². The molecule has 1 heterocycles. The summed E-state index contributed by atoms with van der Waals surface area (Å²) in [6.07, 6.45) is 0. The Morgan fingerprint density at radius 3 is 2.28 bits per heavy atom. The molecule has 154 valence electrons. The van der Waals surface area contributed by atoms with Crippen molar-refractivity contribution in [1.29, 1.82) is 0 Å². The number of anilines is 2. The molecule has 3 N–H and O–H groups in total. The molecular formula is C20H23N3O6. The summed E-state index contributed by atoms with van der Waals surface area (Å²) in [7, 11) is 0. The summed E-state index contributed by atoms with van der Waals surface area (Å²) in [5.74, 6) is -2.08. The Hall–Kier alpha value is -3.62. The number of ether oxygens (including phenoxy) is 2. The van der Waals surface area contributed by atoms with Crippen molar-refractivity contribution < 1.29 is 28.7 Å². The van der Waals surface area contributed by atoms with E-state index in [1.165, 1.54) is 6.92 Å². The van der Waals surface area contributed by atoms with Gasteiger partial charge in [0, 0.05) is 24.0 Å². The van der Waals surface area contributed by atoms with E-state index in [0.29, 0.717) is 22.6 Å². The summed E-state index contributed by atoms with van der Waals surface area (Å²) in [6, 6.07) is 6.55. The minimum absolute atomic E-state index is 0.0889. The first-order valence-electron chi connectivity index (χ1n) is 8.93. The van der Waals surface area contributed by atoms with Gasteiger partial charge < -0.3 is 25.1 Å². The van der Waals surface area contributed by atoms with Crippen LogP contribution in [0, 0.1) is 13.8 Å². The van der Waals surface area contributed by atoms with E-state index in [9.17, 15) is 19.2 Å². The van der Waals surface area contributed by atoms with Gasteiger partial charge in [-0.05, 0) is 44.5 Å². The predicted molar refractivity (Wildman–Crippen MR) is 106 cm³/mol. The van der Waals surface area contributed by atoms with Crippen LogP contribution < -0.4 is 10.6 Å². The SMILES string of the molecule is CCOC(=O)c1c(C)[nH]c(C(=O)OCC(=O)Nc2cccc(NC(C)=O)c2)c1C. The largest absolute Gasteiger partial charge is 0.462 e. The Bertz CT molecular complexity index is 948. The van der Waals surface area contributed by atoms with E-state index in [2.05, 4.69) is 15.6 Å².